The summed E-state index contributed by atoms with van der Waals surface area (Å²) in [6.45, 7) is 1.47. The Labute approximate surface area is 168 Å². The second-order valence-electron chi connectivity index (χ2n) is 6.52. The quantitative estimate of drug-likeness (QED) is 0.769. The number of hydrogen-bond donors (Lipinski definition) is 2. The molecule has 2 N–H and O–H groups in total. The molecule has 148 valence electrons. The summed E-state index contributed by atoms with van der Waals surface area (Å²) in [7, 11) is 1.46. The predicted molar refractivity (Wildman–Crippen MR) is 108 cm³/mol. The zero-order valence-corrected chi connectivity index (χ0v) is 16.3. The summed E-state index contributed by atoms with van der Waals surface area (Å²) in [6, 6.07) is 10.6. The average Bonchev–Trinajstić information content (AvgIpc) is 2.70. The zero-order chi connectivity index (χ0) is 19.9. The number of ether oxygens (including phenoxy) is 1. The Bertz CT molecular complexity index is 805. The van der Waals surface area contributed by atoms with E-state index in [1.807, 2.05) is 6.07 Å². The highest BCUT2D eigenvalue weighted by Crippen LogP contribution is 2.23. The molecule has 0 bridgehead atoms. The molecule has 28 heavy (non-hydrogen) atoms. The Hall–Kier alpha value is -2.71. The van der Waals surface area contributed by atoms with Gasteiger partial charge in [-0.15, -0.1) is 10.2 Å². The number of anilines is 3. The number of piperidine rings is 1. The fraction of sp³-hybridized carbons (Fsp3) is 0.368. The third-order valence-corrected chi connectivity index (χ3v) is 4.72. The van der Waals surface area contributed by atoms with Gasteiger partial charge in [-0.1, -0.05) is 11.6 Å². The first kappa shape index (κ1) is 20.0. The van der Waals surface area contributed by atoms with Gasteiger partial charge in [0.2, 0.25) is 11.8 Å². The monoisotopic (exact) mass is 403 g/mol. The molecular weight excluding hydrogens is 382 g/mol. The number of aromatic nitrogens is 2. The second-order valence-corrected chi connectivity index (χ2v) is 6.91. The molecule has 0 spiro atoms. The molecule has 0 saturated carbocycles. The first-order chi connectivity index (χ1) is 13.5. The van der Waals surface area contributed by atoms with Gasteiger partial charge in [0.25, 0.3) is 0 Å². The van der Waals surface area contributed by atoms with Crippen LogP contribution in [-0.2, 0) is 14.3 Å². The lowest BCUT2D eigenvalue weighted by molar-refractivity contribution is -0.120. The van der Waals surface area contributed by atoms with Gasteiger partial charge in [-0.3, -0.25) is 9.59 Å². The van der Waals surface area contributed by atoms with Gasteiger partial charge in [0.1, 0.15) is 6.61 Å². The van der Waals surface area contributed by atoms with Gasteiger partial charge in [0.15, 0.2) is 11.0 Å². The van der Waals surface area contributed by atoms with Crippen LogP contribution in [0.15, 0.2) is 36.4 Å². The molecule has 8 nitrogen and oxygen atoms in total. The number of nitrogens with one attached hydrogen (secondary N) is 2. The topological polar surface area (TPSA) is 96.5 Å². The maximum absolute atomic E-state index is 12.5. The average molecular weight is 404 g/mol. The standard InChI is InChI=1S/C19H22ClN5O3/c1-28-12-18(26)21-14-2-4-15(5-3-14)22-19(27)13-8-10-25(11-9-13)17-7-6-16(20)23-24-17/h2-7,13H,8-12H2,1H3,(H,21,26)(H,22,27). The van der Waals surface area contributed by atoms with E-state index in [9.17, 15) is 9.59 Å². The van der Waals surface area contributed by atoms with Crippen molar-refractivity contribution >= 4 is 40.6 Å². The van der Waals surface area contributed by atoms with E-state index in [2.05, 4.69) is 25.7 Å². The summed E-state index contributed by atoms with van der Waals surface area (Å²) in [4.78, 5) is 26.1. The number of hydrogen-bond acceptors (Lipinski definition) is 6. The molecule has 1 saturated heterocycles. The summed E-state index contributed by atoms with van der Waals surface area (Å²) in [5.74, 6) is 0.487. The molecule has 1 aromatic carbocycles. The van der Waals surface area contributed by atoms with E-state index in [1.54, 1.807) is 30.3 Å². The maximum Gasteiger partial charge on any atom is 0.250 e. The fourth-order valence-corrected chi connectivity index (χ4v) is 3.16. The summed E-state index contributed by atoms with van der Waals surface area (Å²) < 4.78 is 4.77. The van der Waals surface area contributed by atoms with Gasteiger partial charge < -0.3 is 20.3 Å². The van der Waals surface area contributed by atoms with Crippen LogP contribution in [0.1, 0.15) is 12.8 Å². The largest absolute Gasteiger partial charge is 0.375 e. The highest BCUT2D eigenvalue weighted by molar-refractivity contribution is 6.29. The minimum absolute atomic E-state index is 0.00120. The number of carbonyl (C=O) groups is 2. The van der Waals surface area contributed by atoms with Gasteiger partial charge in [-0.25, -0.2) is 0 Å². The van der Waals surface area contributed by atoms with Crippen molar-refractivity contribution in [3.8, 4) is 0 Å². The van der Waals surface area contributed by atoms with Crippen LogP contribution in [0.25, 0.3) is 0 Å². The molecule has 0 unspecified atom stereocenters. The molecule has 1 aromatic heterocycles. The molecule has 3 rings (SSSR count). The number of methoxy groups -OCH3 is 1. The van der Waals surface area contributed by atoms with Crippen molar-refractivity contribution in [2.45, 2.75) is 12.8 Å². The first-order valence-corrected chi connectivity index (χ1v) is 9.37. The fourth-order valence-electron chi connectivity index (χ4n) is 3.06. The van der Waals surface area contributed by atoms with E-state index >= 15 is 0 Å². The highest BCUT2D eigenvalue weighted by atomic mass is 35.5. The molecule has 2 amide bonds. The van der Waals surface area contributed by atoms with E-state index < -0.39 is 0 Å². The van der Waals surface area contributed by atoms with Crippen molar-refractivity contribution < 1.29 is 14.3 Å². The minimum atomic E-state index is -0.226. The maximum atomic E-state index is 12.5. The molecule has 0 radical (unpaired) electrons. The lowest BCUT2D eigenvalue weighted by atomic mass is 9.96. The predicted octanol–water partition coefficient (Wildman–Crippen LogP) is 2.57. The van der Waals surface area contributed by atoms with Gasteiger partial charge in [0.05, 0.1) is 0 Å². The smallest absolute Gasteiger partial charge is 0.250 e. The van der Waals surface area contributed by atoms with E-state index in [-0.39, 0.29) is 24.3 Å². The summed E-state index contributed by atoms with van der Waals surface area (Å²) in [5, 5.41) is 14.0. The summed E-state index contributed by atoms with van der Waals surface area (Å²) >= 11 is 5.77. The van der Waals surface area contributed by atoms with Crippen LogP contribution in [0.5, 0.6) is 0 Å². The Balaban J connectivity index is 1.49. The Morgan fingerprint density at radius 2 is 1.71 bits per heavy atom. The molecule has 0 atom stereocenters. The molecule has 1 aliphatic heterocycles. The SMILES string of the molecule is COCC(=O)Nc1ccc(NC(=O)C2CCN(c3ccc(Cl)nn3)CC2)cc1. The van der Waals surface area contributed by atoms with Crippen LogP contribution in [0.4, 0.5) is 17.2 Å². The van der Waals surface area contributed by atoms with Crippen molar-refractivity contribution in [3.63, 3.8) is 0 Å². The van der Waals surface area contributed by atoms with E-state index in [0.717, 1.165) is 31.7 Å². The van der Waals surface area contributed by atoms with Crippen LogP contribution in [0.2, 0.25) is 5.15 Å². The van der Waals surface area contributed by atoms with Crippen molar-refractivity contribution in [2.24, 2.45) is 5.92 Å². The number of carbonyl (C=O) groups excluding carboxylic acids is 2. The van der Waals surface area contributed by atoms with Gasteiger partial charge in [-0.2, -0.15) is 0 Å². The number of benzene rings is 1. The Morgan fingerprint density at radius 3 is 2.29 bits per heavy atom. The van der Waals surface area contributed by atoms with Gasteiger partial charge in [0, 0.05) is 37.5 Å². The van der Waals surface area contributed by atoms with Crippen LogP contribution in [0.3, 0.4) is 0 Å². The minimum Gasteiger partial charge on any atom is -0.375 e. The first-order valence-electron chi connectivity index (χ1n) is 8.99. The number of halogens is 1. The number of rotatable bonds is 6. The Kier molecular flexibility index (Phi) is 6.78. The molecule has 2 aromatic rings. The molecule has 1 aliphatic rings. The zero-order valence-electron chi connectivity index (χ0n) is 15.5. The molecule has 2 heterocycles. The van der Waals surface area contributed by atoms with E-state index in [4.69, 9.17) is 16.3 Å². The van der Waals surface area contributed by atoms with Crippen LogP contribution in [0, 0.1) is 5.92 Å². The summed E-state index contributed by atoms with van der Waals surface area (Å²) in [6.07, 6.45) is 1.47. The van der Waals surface area contributed by atoms with Crippen molar-refractivity contribution in [3.05, 3.63) is 41.6 Å². The van der Waals surface area contributed by atoms with Crippen LogP contribution < -0.4 is 15.5 Å². The van der Waals surface area contributed by atoms with Crippen molar-refractivity contribution in [1.29, 1.82) is 0 Å². The van der Waals surface area contributed by atoms with Gasteiger partial charge >= 0.3 is 0 Å². The van der Waals surface area contributed by atoms with Gasteiger partial charge in [-0.05, 0) is 49.2 Å². The third kappa shape index (κ3) is 5.40. The van der Waals surface area contributed by atoms with E-state index in [0.29, 0.717) is 16.5 Å². The third-order valence-electron chi connectivity index (χ3n) is 4.52. The van der Waals surface area contributed by atoms with Crippen molar-refractivity contribution in [2.75, 3.05) is 42.3 Å². The highest BCUT2D eigenvalue weighted by Gasteiger charge is 2.25. The van der Waals surface area contributed by atoms with Crippen molar-refractivity contribution in [1.82, 2.24) is 10.2 Å². The lowest BCUT2D eigenvalue weighted by Crippen LogP contribution is -2.38. The molecule has 0 aliphatic carbocycles. The van der Waals surface area contributed by atoms with Crippen LogP contribution >= 0.6 is 11.6 Å². The second kappa shape index (κ2) is 9.48. The normalized spacial score (nSPS) is 14.6. The Morgan fingerprint density at radius 1 is 1.07 bits per heavy atom. The molecular formula is C19H22ClN5O3. The number of amides is 2. The molecule has 9 heteroatoms. The summed E-state index contributed by atoms with van der Waals surface area (Å²) in [5.41, 5.74) is 1.35. The van der Waals surface area contributed by atoms with E-state index in [1.165, 1.54) is 7.11 Å². The van der Waals surface area contributed by atoms with Crippen LogP contribution in [-0.4, -0.2) is 48.8 Å². The molecule has 1 fully saturated rings. The lowest BCUT2D eigenvalue weighted by Gasteiger charge is -2.31. The number of nitrogens with zero attached hydrogens (tertiary/aromatic N) is 3.